The minimum absolute atomic E-state index is 0.698. The van der Waals surface area contributed by atoms with Crippen LogP contribution in [0.2, 0.25) is 5.02 Å². The lowest BCUT2D eigenvalue weighted by molar-refractivity contribution is 1.02. The number of hydrogen-bond donors (Lipinski definition) is 0. The molecule has 0 saturated heterocycles. The van der Waals surface area contributed by atoms with Crippen LogP contribution in [-0.2, 0) is 0 Å². The second-order valence-electron chi connectivity index (χ2n) is 7.09. The van der Waals surface area contributed by atoms with Crippen molar-refractivity contribution in [1.29, 1.82) is 0 Å². The second kappa shape index (κ2) is 4.40. The quantitative estimate of drug-likeness (QED) is 0.308. The maximum Gasteiger partial charge on any atom is 0.0412 e. The van der Waals surface area contributed by atoms with Crippen molar-refractivity contribution in [2.24, 2.45) is 0 Å². The molecule has 0 radical (unpaired) electrons. The van der Waals surface area contributed by atoms with Gasteiger partial charge in [-0.05, 0) is 74.2 Å². The minimum Gasteiger partial charge on any atom is -0.0843 e. The molecule has 2 aliphatic carbocycles. The minimum atomic E-state index is 0.698. The Morgan fingerprint density at radius 1 is 0.708 bits per heavy atom. The fourth-order valence-electron chi connectivity index (χ4n) is 4.70. The van der Waals surface area contributed by atoms with Crippen LogP contribution >= 0.6 is 11.6 Å². The first kappa shape index (κ1) is 13.0. The van der Waals surface area contributed by atoms with Gasteiger partial charge in [0, 0.05) is 5.02 Å². The Labute approximate surface area is 145 Å². The Bertz CT molecular complexity index is 1160. The summed E-state index contributed by atoms with van der Waals surface area (Å²) < 4.78 is 0. The molecule has 1 fully saturated rings. The Morgan fingerprint density at radius 3 is 2.50 bits per heavy atom. The number of halogens is 1. The maximum absolute atomic E-state index is 6.17. The molecule has 2 atom stereocenters. The molecule has 2 unspecified atom stereocenters. The van der Waals surface area contributed by atoms with Gasteiger partial charge in [0.05, 0.1) is 0 Å². The van der Waals surface area contributed by atoms with Crippen LogP contribution in [0.4, 0.5) is 0 Å². The van der Waals surface area contributed by atoms with Crippen molar-refractivity contribution in [1.82, 2.24) is 0 Å². The molecule has 4 aromatic rings. The topological polar surface area (TPSA) is 0 Å². The molecule has 0 amide bonds. The van der Waals surface area contributed by atoms with Gasteiger partial charge in [-0.3, -0.25) is 0 Å². The third-order valence-electron chi connectivity index (χ3n) is 5.83. The molecule has 0 aromatic heterocycles. The van der Waals surface area contributed by atoms with E-state index >= 15 is 0 Å². The molecular weight excluding hydrogens is 312 g/mol. The molecule has 4 aromatic carbocycles. The van der Waals surface area contributed by atoms with Crippen molar-refractivity contribution in [3.05, 3.63) is 82.9 Å². The zero-order valence-corrected chi connectivity index (χ0v) is 13.8. The van der Waals surface area contributed by atoms with Crippen LogP contribution in [0.1, 0.15) is 29.4 Å². The van der Waals surface area contributed by atoms with Crippen molar-refractivity contribution in [3.63, 3.8) is 0 Å². The van der Waals surface area contributed by atoms with E-state index in [1.165, 1.54) is 39.1 Å². The zero-order valence-electron chi connectivity index (χ0n) is 13.1. The van der Waals surface area contributed by atoms with E-state index in [2.05, 4.69) is 60.7 Å². The van der Waals surface area contributed by atoms with Crippen LogP contribution in [0.3, 0.4) is 0 Å². The molecule has 0 nitrogen and oxygen atoms in total. The van der Waals surface area contributed by atoms with Gasteiger partial charge in [0.1, 0.15) is 0 Å². The maximum atomic E-state index is 6.17. The Kier molecular flexibility index (Phi) is 2.39. The molecule has 0 spiro atoms. The predicted octanol–water partition coefficient (Wildman–Crippen LogP) is 6.90. The lowest BCUT2D eigenvalue weighted by Gasteiger charge is -2.21. The summed E-state index contributed by atoms with van der Waals surface area (Å²) in [5.41, 5.74) is 5.98. The Hall–Kier alpha value is -2.31. The SMILES string of the molecule is Clc1ccc2c(ccc3c4c(ccc32)-c2ccccc2C2CC42)c1. The van der Waals surface area contributed by atoms with Crippen LogP contribution < -0.4 is 0 Å². The summed E-state index contributed by atoms with van der Waals surface area (Å²) in [6, 6.07) is 24.3. The van der Waals surface area contributed by atoms with Crippen molar-refractivity contribution in [3.8, 4) is 11.1 Å². The standard InChI is InChI=1S/C23H15Cl/c24-14-6-8-15-13(11-14)5-7-19-18(15)9-10-20-16-3-1-2-4-17(16)21-12-22(21)23(19)20/h1-11,21-22H,12H2. The fourth-order valence-corrected chi connectivity index (χ4v) is 4.88. The summed E-state index contributed by atoms with van der Waals surface area (Å²) in [5.74, 6) is 1.42. The van der Waals surface area contributed by atoms with Gasteiger partial charge < -0.3 is 0 Å². The first-order valence-electron chi connectivity index (χ1n) is 8.55. The van der Waals surface area contributed by atoms with Crippen LogP contribution in [0.25, 0.3) is 32.7 Å². The van der Waals surface area contributed by atoms with Crippen LogP contribution in [0.15, 0.2) is 66.7 Å². The normalized spacial score (nSPS) is 20.5. The Balaban J connectivity index is 1.74. The summed E-state index contributed by atoms with van der Waals surface area (Å²) in [6.07, 6.45) is 1.29. The van der Waals surface area contributed by atoms with Crippen LogP contribution in [0.5, 0.6) is 0 Å². The first-order valence-corrected chi connectivity index (χ1v) is 8.93. The van der Waals surface area contributed by atoms with E-state index in [4.69, 9.17) is 11.6 Å². The highest BCUT2D eigenvalue weighted by molar-refractivity contribution is 6.31. The molecular formula is C23H15Cl. The van der Waals surface area contributed by atoms with Gasteiger partial charge in [-0.25, -0.2) is 0 Å². The number of hydrogen-bond acceptors (Lipinski definition) is 0. The molecule has 6 rings (SSSR count). The number of benzene rings is 4. The van der Waals surface area contributed by atoms with Gasteiger partial charge in [0.25, 0.3) is 0 Å². The van der Waals surface area contributed by atoms with Crippen molar-refractivity contribution < 1.29 is 0 Å². The lowest BCUT2D eigenvalue weighted by Crippen LogP contribution is -2.00. The molecule has 1 heteroatoms. The van der Waals surface area contributed by atoms with Gasteiger partial charge in [-0.2, -0.15) is 0 Å². The van der Waals surface area contributed by atoms with Gasteiger partial charge in [-0.1, -0.05) is 66.2 Å². The summed E-state index contributed by atoms with van der Waals surface area (Å²) >= 11 is 6.17. The van der Waals surface area contributed by atoms with E-state index in [1.807, 2.05) is 6.07 Å². The molecule has 2 aliphatic rings. The average Bonchev–Trinajstić information content (AvgIpc) is 3.41. The smallest absolute Gasteiger partial charge is 0.0412 e. The monoisotopic (exact) mass is 326 g/mol. The van der Waals surface area contributed by atoms with Crippen molar-refractivity contribution in [2.45, 2.75) is 18.3 Å². The van der Waals surface area contributed by atoms with Crippen molar-refractivity contribution in [2.75, 3.05) is 0 Å². The van der Waals surface area contributed by atoms with Gasteiger partial charge in [0.2, 0.25) is 0 Å². The van der Waals surface area contributed by atoms with Crippen LogP contribution in [0, 0.1) is 0 Å². The predicted molar refractivity (Wildman–Crippen MR) is 102 cm³/mol. The van der Waals surface area contributed by atoms with Crippen molar-refractivity contribution >= 4 is 33.1 Å². The van der Waals surface area contributed by atoms with E-state index in [0.29, 0.717) is 5.92 Å². The summed E-state index contributed by atoms with van der Waals surface area (Å²) in [7, 11) is 0. The van der Waals surface area contributed by atoms with E-state index in [-0.39, 0.29) is 0 Å². The Morgan fingerprint density at radius 2 is 1.54 bits per heavy atom. The number of rotatable bonds is 0. The highest BCUT2D eigenvalue weighted by Crippen LogP contribution is 2.63. The molecule has 0 aliphatic heterocycles. The molecule has 1 saturated carbocycles. The van der Waals surface area contributed by atoms with Crippen LogP contribution in [-0.4, -0.2) is 0 Å². The fraction of sp³-hybridized carbons (Fsp3) is 0.130. The number of fused-ring (bicyclic) bond motifs is 10. The second-order valence-corrected chi connectivity index (χ2v) is 7.53. The van der Waals surface area contributed by atoms with E-state index in [0.717, 1.165) is 10.9 Å². The molecule has 0 heterocycles. The van der Waals surface area contributed by atoms with E-state index in [9.17, 15) is 0 Å². The van der Waals surface area contributed by atoms with E-state index in [1.54, 1.807) is 11.1 Å². The third-order valence-corrected chi connectivity index (χ3v) is 6.07. The summed E-state index contributed by atoms with van der Waals surface area (Å²) in [6.45, 7) is 0. The third kappa shape index (κ3) is 1.59. The largest absolute Gasteiger partial charge is 0.0843 e. The molecule has 0 bridgehead atoms. The summed E-state index contributed by atoms with van der Waals surface area (Å²) in [4.78, 5) is 0. The van der Waals surface area contributed by atoms with E-state index < -0.39 is 0 Å². The highest BCUT2D eigenvalue weighted by Gasteiger charge is 2.46. The van der Waals surface area contributed by atoms with Gasteiger partial charge >= 0.3 is 0 Å². The molecule has 0 N–H and O–H groups in total. The lowest BCUT2D eigenvalue weighted by atomic mass is 9.82. The first-order chi connectivity index (χ1) is 11.8. The summed E-state index contributed by atoms with van der Waals surface area (Å²) in [5, 5.41) is 6.10. The average molecular weight is 327 g/mol. The van der Waals surface area contributed by atoms with Gasteiger partial charge in [0.15, 0.2) is 0 Å². The molecule has 114 valence electrons. The molecule has 24 heavy (non-hydrogen) atoms. The zero-order chi connectivity index (χ0) is 15.8. The van der Waals surface area contributed by atoms with Gasteiger partial charge in [-0.15, -0.1) is 0 Å². The highest BCUT2D eigenvalue weighted by atomic mass is 35.5.